The van der Waals surface area contributed by atoms with Crippen molar-refractivity contribution in [2.75, 3.05) is 31.1 Å². The Morgan fingerprint density at radius 3 is 2.54 bits per heavy atom. The summed E-state index contributed by atoms with van der Waals surface area (Å²) in [4.78, 5) is 33.7. The number of amides is 1. The lowest BCUT2D eigenvalue weighted by Gasteiger charge is -2.35. The number of β-amino-alcohol motifs (C(OH)–C–C–N with tert-alkyl or cyclic N) is 1. The topological polar surface area (TPSA) is 103 Å². The number of likely N-dealkylation sites (tertiary alicyclic amines) is 1. The molecule has 3 fully saturated rings. The van der Waals surface area contributed by atoms with Crippen molar-refractivity contribution in [2.45, 2.75) is 52.2 Å². The van der Waals surface area contributed by atoms with Gasteiger partial charge < -0.3 is 24.7 Å². The van der Waals surface area contributed by atoms with Gasteiger partial charge in [-0.25, -0.2) is 4.98 Å². The highest BCUT2D eigenvalue weighted by atomic mass is 32.1. The van der Waals surface area contributed by atoms with Gasteiger partial charge in [-0.15, -0.1) is 11.3 Å². The molecule has 0 unspecified atom stereocenters. The van der Waals surface area contributed by atoms with Crippen LogP contribution in [-0.4, -0.2) is 64.3 Å². The van der Waals surface area contributed by atoms with E-state index in [4.69, 9.17) is 9.72 Å². The number of anilines is 1. The van der Waals surface area contributed by atoms with E-state index in [0.29, 0.717) is 25.3 Å². The number of piperidine rings is 2. The molecule has 2 N–H and O–H groups in total. The molecule has 1 aliphatic carbocycles. The van der Waals surface area contributed by atoms with Crippen LogP contribution in [0.5, 0.6) is 5.75 Å². The number of fused-ring (bicyclic) bond motifs is 2. The third-order valence-corrected chi connectivity index (χ3v) is 9.85. The molecule has 3 atom stereocenters. The first-order chi connectivity index (χ1) is 19.8. The average Bonchev–Trinajstić information content (AvgIpc) is 3.55. The van der Waals surface area contributed by atoms with Crippen molar-refractivity contribution in [1.82, 2.24) is 9.88 Å². The second-order valence-corrected chi connectivity index (χ2v) is 12.7. The Hall–Kier alpha value is -3.43. The Morgan fingerprint density at radius 2 is 1.83 bits per heavy atom. The number of carbonyl (C=O) groups is 2. The maximum Gasteiger partial charge on any atom is 0.307 e. The first-order valence-corrected chi connectivity index (χ1v) is 15.4. The average molecular weight is 576 g/mol. The molecule has 1 amide bonds. The van der Waals surface area contributed by atoms with Crippen molar-refractivity contribution in [3.8, 4) is 17.0 Å². The van der Waals surface area contributed by atoms with Gasteiger partial charge in [0.05, 0.1) is 17.7 Å². The zero-order chi connectivity index (χ0) is 28.7. The van der Waals surface area contributed by atoms with Crippen LogP contribution in [0.2, 0.25) is 0 Å². The number of aliphatic hydroxyl groups is 1. The number of hydrogen-bond donors (Lipinski definition) is 2. The predicted molar refractivity (Wildman–Crippen MR) is 158 cm³/mol. The van der Waals surface area contributed by atoms with Gasteiger partial charge in [0.2, 0.25) is 0 Å². The molecule has 1 saturated carbocycles. The fourth-order valence-electron chi connectivity index (χ4n) is 6.75. The maximum absolute atomic E-state index is 13.0. The Labute approximate surface area is 244 Å². The highest BCUT2D eigenvalue weighted by molar-refractivity contribution is 7.14. The van der Waals surface area contributed by atoms with Crippen LogP contribution in [0.25, 0.3) is 11.3 Å². The fraction of sp³-hybridized carbons (Fsp3) is 0.469. The lowest BCUT2D eigenvalue weighted by molar-refractivity contribution is -0.144. The second-order valence-electron chi connectivity index (χ2n) is 11.9. The molecule has 1 aromatic heterocycles. The Balaban J connectivity index is 1.16. The molecular weight excluding hydrogens is 538 g/mol. The number of hydrogen-bond acceptors (Lipinski definition) is 7. The summed E-state index contributed by atoms with van der Waals surface area (Å²) in [6.45, 7) is 6.96. The molecule has 2 aromatic carbocycles. The highest BCUT2D eigenvalue weighted by Crippen LogP contribution is 2.44. The van der Waals surface area contributed by atoms with Crippen LogP contribution in [0, 0.1) is 31.6 Å². The molecule has 2 saturated heterocycles. The van der Waals surface area contributed by atoms with E-state index in [1.807, 2.05) is 37.3 Å². The van der Waals surface area contributed by atoms with Crippen LogP contribution in [0.3, 0.4) is 0 Å². The Kier molecular flexibility index (Phi) is 7.74. The van der Waals surface area contributed by atoms with Crippen molar-refractivity contribution in [1.29, 1.82) is 0 Å². The van der Waals surface area contributed by atoms with Crippen molar-refractivity contribution in [3.63, 3.8) is 0 Å². The highest BCUT2D eigenvalue weighted by Gasteiger charge is 2.46. The number of aliphatic carboxylic acids is 1. The normalized spacial score (nSPS) is 24.0. The number of aliphatic hydroxyl groups excluding tert-OH is 1. The van der Waals surface area contributed by atoms with Crippen molar-refractivity contribution >= 4 is 28.3 Å². The van der Waals surface area contributed by atoms with Crippen molar-refractivity contribution < 1.29 is 24.5 Å². The molecule has 0 spiro atoms. The van der Waals surface area contributed by atoms with Crippen LogP contribution in [0.1, 0.15) is 52.7 Å². The smallest absolute Gasteiger partial charge is 0.307 e. The summed E-state index contributed by atoms with van der Waals surface area (Å²) in [5.74, 6) is 0.201. The van der Waals surface area contributed by atoms with E-state index in [1.165, 1.54) is 0 Å². The first kappa shape index (κ1) is 27.7. The summed E-state index contributed by atoms with van der Waals surface area (Å²) < 4.78 is 6.34. The number of nitrogens with zero attached hydrogens (tertiary/aromatic N) is 3. The third-order valence-electron chi connectivity index (χ3n) is 8.95. The Bertz CT molecular complexity index is 1440. The molecule has 3 aliphatic rings. The van der Waals surface area contributed by atoms with E-state index in [9.17, 15) is 19.8 Å². The van der Waals surface area contributed by atoms with Crippen LogP contribution in [-0.2, 0) is 11.4 Å². The minimum atomic E-state index is -0.656. The lowest BCUT2D eigenvalue weighted by atomic mass is 9.85. The van der Waals surface area contributed by atoms with Gasteiger partial charge in [-0.05, 0) is 86.8 Å². The molecule has 0 radical (unpaired) electrons. The molecule has 3 aromatic rings. The van der Waals surface area contributed by atoms with Crippen LogP contribution in [0.15, 0.2) is 41.8 Å². The van der Waals surface area contributed by atoms with Crippen LogP contribution in [0.4, 0.5) is 5.13 Å². The van der Waals surface area contributed by atoms with E-state index in [0.717, 1.165) is 77.6 Å². The van der Waals surface area contributed by atoms with E-state index >= 15 is 0 Å². The number of carboxylic acids is 1. The number of carbonyl (C=O) groups excluding carboxylic acids is 1. The standard InChI is InChI=1S/C32H37N3O5S/c1-19-5-10-28(40-17-24-9-6-21(13-20(24)2)30(37)34-11-3-4-25(36)16-34)26(12-19)27-18-41-32(33-27)35-14-22-7-8-23(15-35)29(22)31(38)39/h5-6,9-10,12-13,18,22-23,25,29,36H,3-4,7-8,11,14-17H2,1-2H3,(H,38,39)/t22-,23-,25-/m0/s1. The number of rotatable bonds is 7. The predicted octanol–water partition coefficient (Wildman–Crippen LogP) is 5.15. The quantitative estimate of drug-likeness (QED) is 0.402. The van der Waals surface area contributed by atoms with Gasteiger partial charge in [0, 0.05) is 42.7 Å². The van der Waals surface area contributed by atoms with Gasteiger partial charge in [-0.1, -0.05) is 17.7 Å². The summed E-state index contributed by atoms with van der Waals surface area (Å²) in [6.07, 6.45) is 3.07. The number of thiazole rings is 1. The zero-order valence-corrected chi connectivity index (χ0v) is 24.4. The lowest BCUT2D eigenvalue weighted by Crippen LogP contribution is -2.44. The van der Waals surface area contributed by atoms with Gasteiger partial charge >= 0.3 is 5.97 Å². The van der Waals surface area contributed by atoms with Crippen LogP contribution >= 0.6 is 11.3 Å². The molecule has 216 valence electrons. The monoisotopic (exact) mass is 575 g/mol. The number of benzene rings is 2. The van der Waals surface area contributed by atoms with Gasteiger partial charge in [0.25, 0.3) is 5.91 Å². The SMILES string of the molecule is Cc1ccc(OCc2ccc(C(=O)N3CCC[C@H](O)C3)cc2C)c(-c2csc(N3C[C@@H]4CC[C@@H](C3)C4C(=O)O)n2)c1. The zero-order valence-electron chi connectivity index (χ0n) is 23.6. The summed E-state index contributed by atoms with van der Waals surface area (Å²) in [5, 5.41) is 22.6. The van der Waals surface area contributed by atoms with Gasteiger partial charge in [-0.2, -0.15) is 0 Å². The minimum Gasteiger partial charge on any atom is -0.488 e. The Morgan fingerprint density at radius 1 is 1.05 bits per heavy atom. The maximum atomic E-state index is 13.0. The number of aromatic nitrogens is 1. The summed E-state index contributed by atoms with van der Waals surface area (Å²) in [7, 11) is 0. The summed E-state index contributed by atoms with van der Waals surface area (Å²) in [5.41, 5.74) is 5.53. The second kappa shape index (κ2) is 11.4. The number of carboxylic acid groups (broad SMARTS) is 1. The van der Waals surface area contributed by atoms with Gasteiger partial charge in [-0.3, -0.25) is 9.59 Å². The fourth-order valence-corrected chi connectivity index (χ4v) is 7.60. The molecule has 8 nitrogen and oxygen atoms in total. The van der Waals surface area contributed by atoms with E-state index < -0.39 is 12.1 Å². The molecule has 3 heterocycles. The minimum absolute atomic E-state index is 0.0420. The van der Waals surface area contributed by atoms with Gasteiger partial charge in [0.15, 0.2) is 5.13 Å². The number of ether oxygens (including phenoxy) is 1. The molecule has 6 rings (SSSR count). The summed E-state index contributed by atoms with van der Waals surface area (Å²) in [6, 6.07) is 11.8. The number of aryl methyl sites for hydroxylation is 2. The molecule has 9 heteroatoms. The van der Waals surface area contributed by atoms with E-state index in [-0.39, 0.29) is 23.7 Å². The van der Waals surface area contributed by atoms with Crippen molar-refractivity contribution in [3.05, 3.63) is 64.0 Å². The largest absolute Gasteiger partial charge is 0.488 e. The van der Waals surface area contributed by atoms with Gasteiger partial charge in [0.1, 0.15) is 12.4 Å². The molecule has 2 bridgehead atoms. The summed E-state index contributed by atoms with van der Waals surface area (Å²) >= 11 is 1.60. The third kappa shape index (κ3) is 5.70. The molecular formula is C32H37N3O5S. The molecule has 2 aliphatic heterocycles. The van der Waals surface area contributed by atoms with E-state index in [1.54, 1.807) is 16.2 Å². The first-order valence-electron chi connectivity index (χ1n) is 14.5. The van der Waals surface area contributed by atoms with Crippen molar-refractivity contribution in [2.24, 2.45) is 17.8 Å². The van der Waals surface area contributed by atoms with Crippen LogP contribution < -0.4 is 9.64 Å². The van der Waals surface area contributed by atoms with E-state index in [2.05, 4.69) is 23.3 Å². The molecule has 41 heavy (non-hydrogen) atoms.